The maximum Gasteiger partial charge on any atom is 0.224 e. The monoisotopic (exact) mass is 319 g/mol. The lowest BCUT2D eigenvalue weighted by atomic mass is 9.99. The van der Waals surface area contributed by atoms with Gasteiger partial charge in [0.2, 0.25) is 5.91 Å². The molecule has 0 spiro atoms. The minimum atomic E-state index is -0.287. The predicted molar refractivity (Wildman–Crippen MR) is 89.9 cm³/mol. The zero-order valence-electron chi connectivity index (χ0n) is 13.6. The van der Waals surface area contributed by atoms with Crippen LogP contribution in [0.5, 0.6) is 0 Å². The summed E-state index contributed by atoms with van der Waals surface area (Å²) in [6, 6.07) is 6.63. The van der Waals surface area contributed by atoms with Crippen LogP contribution in [0.3, 0.4) is 0 Å². The number of halogens is 1. The number of anilines is 1. The molecular formula is C18H26FN3O. The van der Waals surface area contributed by atoms with Crippen molar-refractivity contribution < 1.29 is 9.18 Å². The molecule has 0 saturated carbocycles. The van der Waals surface area contributed by atoms with Crippen LogP contribution < -0.4 is 5.32 Å². The molecule has 2 aliphatic rings. The molecule has 0 aromatic heterocycles. The molecule has 4 nitrogen and oxygen atoms in total. The molecule has 2 fully saturated rings. The van der Waals surface area contributed by atoms with Gasteiger partial charge in [0, 0.05) is 37.8 Å². The smallest absolute Gasteiger partial charge is 0.224 e. The highest BCUT2D eigenvalue weighted by molar-refractivity contribution is 5.90. The summed E-state index contributed by atoms with van der Waals surface area (Å²) in [6.45, 7) is 5.70. The number of piperidine rings is 1. The molecule has 126 valence electrons. The van der Waals surface area contributed by atoms with Gasteiger partial charge in [-0.25, -0.2) is 4.39 Å². The number of hydrogen-bond donors (Lipinski definition) is 1. The molecule has 1 N–H and O–H groups in total. The summed E-state index contributed by atoms with van der Waals surface area (Å²) < 4.78 is 12.8. The molecule has 1 aromatic rings. The van der Waals surface area contributed by atoms with Crippen LogP contribution in [0.4, 0.5) is 10.1 Å². The molecular weight excluding hydrogens is 293 g/mol. The van der Waals surface area contributed by atoms with Gasteiger partial charge in [-0.1, -0.05) is 6.42 Å². The second-order valence-corrected chi connectivity index (χ2v) is 6.64. The van der Waals surface area contributed by atoms with Gasteiger partial charge in [0.05, 0.1) is 0 Å². The Labute approximate surface area is 137 Å². The van der Waals surface area contributed by atoms with Crippen LogP contribution in [0.15, 0.2) is 24.3 Å². The van der Waals surface area contributed by atoms with Gasteiger partial charge in [-0.2, -0.15) is 0 Å². The van der Waals surface area contributed by atoms with E-state index in [1.807, 2.05) is 0 Å². The van der Waals surface area contributed by atoms with Crippen molar-refractivity contribution in [1.82, 2.24) is 9.80 Å². The van der Waals surface area contributed by atoms with Gasteiger partial charge in [0.1, 0.15) is 5.82 Å². The van der Waals surface area contributed by atoms with E-state index in [0.717, 1.165) is 32.1 Å². The number of fused-ring (bicyclic) bond motifs is 1. The van der Waals surface area contributed by atoms with Crippen LogP contribution in [0.2, 0.25) is 0 Å². The molecule has 2 heterocycles. The lowest BCUT2D eigenvalue weighted by Crippen LogP contribution is -2.54. The van der Waals surface area contributed by atoms with Gasteiger partial charge in [-0.3, -0.25) is 9.69 Å². The number of nitrogens with zero attached hydrogens (tertiary/aromatic N) is 2. The Morgan fingerprint density at radius 1 is 1.17 bits per heavy atom. The molecule has 3 rings (SSSR count). The fourth-order valence-electron chi connectivity index (χ4n) is 3.64. The zero-order chi connectivity index (χ0) is 16.1. The van der Waals surface area contributed by atoms with E-state index in [1.54, 1.807) is 12.1 Å². The first-order chi connectivity index (χ1) is 11.2. The average molecular weight is 319 g/mol. The van der Waals surface area contributed by atoms with Crippen LogP contribution in [0.1, 0.15) is 32.1 Å². The van der Waals surface area contributed by atoms with Crippen molar-refractivity contribution in [1.29, 1.82) is 0 Å². The lowest BCUT2D eigenvalue weighted by Gasteiger charge is -2.44. The normalized spacial score (nSPS) is 22.6. The Morgan fingerprint density at radius 3 is 2.83 bits per heavy atom. The van der Waals surface area contributed by atoms with E-state index >= 15 is 0 Å². The molecule has 1 aromatic carbocycles. The highest BCUT2D eigenvalue weighted by Crippen LogP contribution is 2.21. The van der Waals surface area contributed by atoms with Crippen molar-refractivity contribution in [2.75, 3.05) is 38.0 Å². The minimum absolute atomic E-state index is 0.00732. The number of rotatable bonds is 5. The summed E-state index contributed by atoms with van der Waals surface area (Å²) in [5.41, 5.74) is 0.659. The zero-order valence-corrected chi connectivity index (χ0v) is 13.6. The number of nitrogens with one attached hydrogen (secondary N) is 1. The van der Waals surface area contributed by atoms with Crippen LogP contribution in [0, 0.1) is 5.82 Å². The minimum Gasteiger partial charge on any atom is -0.326 e. The number of piperazine rings is 1. The van der Waals surface area contributed by atoms with Crippen molar-refractivity contribution in [2.45, 2.75) is 38.1 Å². The summed E-state index contributed by atoms with van der Waals surface area (Å²) >= 11 is 0. The van der Waals surface area contributed by atoms with Crippen LogP contribution in [0.25, 0.3) is 0 Å². The van der Waals surface area contributed by atoms with Gasteiger partial charge >= 0.3 is 0 Å². The van der Waals surface area contributed by atoms with E-state index in [2.05, 4.69) is 15.1 Å². The summed E-state index contributed by atoms with van der Waals surface area (Å²) in [6.07, 6.45) is 5.42. The summed E-state index contributed by atoms with van der Waals surface area (Å²) in [7, 11) is 0. The van der Waals surface area contributed by atoms with Gasteiger partial charge in [0.15, 0.2) is 0 Å². The molecule has 2 saturated heterocycles. The predicted octanol–water partition coefficient (Wildman–Crippen LogP) is 2.71. The van der Waals surface area contributed by atoms with E-state index in [1.165, 1.54) is 44.5 Å². The fraction of sp³-hybridized carbons (Fsp3) is 0.611. The SMILES string of the molecule is O=C(CCCN1CCN2CCCCC2C1)Nc1ccc(F)cc1. The maximum atomic E-state index is 12.8. The van der Waals surface area contributed by atoms with Crippen molar-refractivity contribution in [3.05, 3.63) is 30.1 Å². The molecule has 2 aliphatic heterocycles. The first-order valence-corrected chi connectivity index (χ1v) is 8.72. The fourth-order valence-corrected chi connectivity index (χ4v) is 3.64. The number of amides is 1. The average Bonchev–Trinajstić information content (AvgIpc) is 2.57. The maximum absolute atomic E-state index is 12.8. The molecule has 0 radical (unpaired) electrons. The Balaban J connectivity index is 1.36. The first kappa shape index (κ1) is 16.4. The summed E-state index contributed by atoms with van der Waals surface area (Å²) in [4.78, 5) is 17.1. The molecule has 0 aliphatic carbocycles. The van der Waals surface area contributed by atoms with Gasteiger partial charge < -0.3 is 10.2 Å². The first-order valence-electron chi connectivity index (χ1n) is 8.72. The van der Waals surface area contributed by atoms with Crippen LogP contribution in [-0.2, 0) is 4.79 Å². The number of benzene rings is 1. The van der Waals surface area contributed by atoms with Gasteiger partial charge in [-0.15, -0.1) is 0 Å². The summed E-state index contributed by atoms with van der Waals surface area (Å²) in [5, 5.41) is 2.82. The second kappa shape index (κ2) is 7.88. The molecule has 5 heteroatoms. The largest absolute Gasteiger partial charge is 0.326 e. The Bertz CT molecular complexity index is 520. The number of carbonyl (C=O) groups excluding carboxylic acids is 1. The molecule has 1 unspecified atom stereocenters. The highest BCUT2D eigenvalue weighted by Gasteiger charge is 2.28. The van der Waals surface area contributed by atoms with E-state index in [-0.39, 0.29) is 11.7 Å². The molecule has 23 heavy (non-hydrogen) atoms. The topological polar surface area (TPSA) is 35.6 Å². The number of carbonyl (C=O) groups is 1. The third-order valence-corrected chi connectivity index (χ3v) is 4.93. The highest BCUT2D eigenvalue weighted by atomic mass is 19.1. The van der Waals surface area contributed by atoms with Crippen LogP contribution >= 0.6 is 0 Å². The van der Waals surface area contributed by atoms with Crippen LogP contribution in [-0.4, -0.2) is 54.5 Å². The molecule has 1 amide bonds. The van der Waals surface area contributed by atoms with Gasteiger partial charge in [-0.05, 0) is 56.6 Å². The van der Waals surface area contributed by atoms with E-state index in [0.29, 0.717) is 12.1 Å². The lowest BCUT2D eigenvalue weighted by molar-refractivity contribution is -0.116. The third kappa shape index (κ3) is 4.75. The molecule has 0 bridgehead atoms. The van der Waals surface area contributed by atoms with E-state index < -0.39 is 0 Å². The third-order valence-electron chi connectivity index (χ3n) is 4.93. The van der Waals surface area contributed by atoms with Crippen molar-refractivity contribution >= 4 is 11.6 Å². The second-order valence-electron chi connectivity index (χ2n) is 6.64. The van der Waals surface area contributed by atoms with E-state index in [9.17, 15) is 9.18 Å². The van der Waals surface area contributed by atoms with Crippen molar-refractivity contribution in [3.8, 4) is 0 Å². The number of hydrogen-bond acceptors (Lipinski definition) is 3. The van der Waals surface area contributed by atoms with Crippen molar-refractivity contribution in [2.24, 2.45) is 0 Å². The molecule has 1 atom stereocenters. The summed E-state index contributed by atoms with van der Waals surface area (Å²) in [5.74, 6) is -0.280. The van der Waals surface area contributed by atoms with Crippen molar-refractivity contribution in [3.63, 3.8) is 0 Å². The van der Waals surface area contributed by atoms with Gasteiger partial charge in [0.25, 0.3) is 0 Å². The Kier molecular flexibility index (Phi) is 5.62. The Hall–Kier alpha value is -1.46. The quantitative estimate of drug-likeness (QED) is 0.906. The van der Waals surface area contributed by atoms with E-state index in [4.69, 9.17) is 0 Å². The Morgan fingerprint density at radius 2 is 2.00 bits per heavy atom. The standard InChI is InChI=1S/C18H26FN3O/c19-15-6-8-16(9-7-15)20-18(23)5-3-10-21-12-13-22-11-2-1-4-17(22)14-21/h6-9,17H,1-5,10-14H2,(H,20,23).